The summed E-state index contributed by atoms with van der Waals surface area (Å²) in [5.74, 6) is 0. The first-order valence-electron chi connectivity index (χ1n) is 3.72. The Hall–Kier alpha value is -0.110. The highest BCUT2D eigenvalue weighted by Crippen LogP contribution is 2.16. The van der Waals surface area contributed by atoms with Gasteiger partial charge in [-0.25, -0.2) is 4.39 Å². The number of hydrogen-bond donors (Lipinski definition) is 0. The van der Waals surface area contributed by atoms with Gasteiger partial charge >= 0.3 is 0 Å². The Morgan fingerprint density at radius 3 is 2.78 bits per heavy atom. The van der Waals surface area contributed by atoms with E-state index in [0.29, 0.717) is 0 Å². The van der Waals surface area contributed by atoms with E-state index in [4.69, 9.17) is 0 Å². The standard InChI is InChI=1S/C7H14FN/c1-2-9-6-4-3-5-7(9)8/h7H,2-6H2,1H3. The lowest BCUT2D eigenvalue weighted by Gasteiger charge is -2.28. The lowest BCUT2D eigenvalue weighted by Crippen LogP contribution is -2.36. The largest absolute Gasteiger partial charge is 0.274 e. The zero-order chi connectivity index (χ0) is 6.69. The van der Waals surface area contributed by atoms with E-state index in [-0.39, 0.29) is 0 Å². The summed E-state index contributed by atoms with van der Waals surface area (Å²) in [6.45, 7) is 3.83. The minimum atomic E-state index is -0.649. The number of halogens is 1. The molecular formula is C7H14FN. The van der Waals surface area contributed by atoms with Gasteiger partial charge in [0.05, 0.1) is 0 Å². The van der Waals surface area contributed by atoms with Crippen molar-refractivity contribution in [1.82, 2.24) is 4.90 Å². The van der Waals surface area contributed by atoms with Crippen LogP contribution in [0.5, 0.6) is 0 Å². The summed E-state index contributed by atoms with van der Waals surface area (Å²) in [6, 6.07) is 0. The van der Waals surface area contributed by atoms with Gasteiger partial charge in [0, 0.05) is 6.54 Å². The first-order valence-corrected chi connectivity index (χ1v) is 3.72. The third kappa shape index (κ3) is 1.65. The van der Waals surface area contributed by atoms with E-state index in [1.807, 2.05) is 11.8 Å². The first kappa shape index (κ1) is 7.00. The van der Waals surface area contributed by atoms with Gasteiger partial charge in [-0.2, -0.15) is 0 Å². The molecule has 0 radical (unpaired) electrons. The van der Waals surface area contributed by atoms with Crippen molar-refractivity contribution < 1.29 is 4.39 Å². The molecule has 1 rings (SSSR count). The maximum Gasteiger partial charge on any atom is 0.153 e. The first-order chi connectivity index (χ1) is 4.34. The van der Waals surface area contributed by atoms with Crippen LogP contribution in [-0.2, 0) is 0 Å². The molecule has 54 valence electrons. The second-order valence-corrected chi connectivity index (χ2v) is 2.56. The van der Waals surface area contributed by atoms with E-state index < -0.39 is 6.30 Å². The van der Waals surface area contributed by atoms with Gasteiger partial charge in [-0.1, -0.05) is 6.92 Å². The highest BCUT2D eigenvalue weighted by molar-refractivity contribution is 4.66. The monoisotopic (exact) mass is 131 g/mol. The van der Waals surface area contributed by atoms with Crippen LogP contribution in [0.2, 0.25) is 0 Å². The molecule has 1 nitrogen and oxygen atoms in total. The molecule has 1 aliphatic heterocycles. The topological polar surface area (TPSA) is 3.24 Å². The van der Waals surface area contributed by atoms with Gasteiger partial charge in [0.25, 0.3) is 0 Å². The SMILES string of the molecule is CCN1CCCCC1F. The maximum absolute atomic E-state index is 12.8. The summed E-state index contributed by atoms with van der Waals surface area (Å²) in [5, 5.41) is 0. The van der Waals surface area contributed by atoms with Crippen LogP contribution in [0.3, 0.4) is 0 Å². The highest BCUT2D eigenvalue weighted by Gasteiger charge is 2.18. The average molecular weight is 131 g/mol. The number of rotatable bonds is 1. The van der Waals surface area contributed by atoms with Gasteiger partial charge in [0.1, 0.15) is 0 Å². The third-order valence-corrected chi connectivity index (χ3v) is 1.94. The predicted molar refractivity (Wildman–Crippen MR) is 36.0 cm³/mol. The molecule has 1 unspecified atom stereocenters. The van der Waals surface area contributed by atoms with E-state index in [2.05, 4.69) is 0 Å². The van der Waals surface area contributed by atoms with Crippen LogP contribution in [0.15, 0.2) is 0 Å². The average Bonchev–Trinajstić information content (AvgIpc) is 1.89. The molecule has 0 bridgehead atoms. The second kappa shape index (κ2) is 3.16. The summed E-state index contributed by atoms with van der Waals surface area (Å²) in [6.07, 6.45) is 2.34. The summed E-state index contributed by atoms with van der Waals surface area (Å²) in [5.41, 5.74) is 0. The number of piperidine rings is 1. The molecule has 1 heterocycles. The summed E-state index contributed by atoms with van der Waals surface area (Å²) in [7, 11) is 0. The Morgan fingerprint density at radius 1 is 1.56 bits per heavy atom. The number of nitrogens with zero attached hydrogens (tertiary/aromatic N) is 1. The normalized spacial score (nSPS) is 30.7. The molecular weight excluding hydrogens is 117 g/mol. The van der Waals surface area contributed by atoms with Gasteiger partial charge in [0.15, 0.2) is 6.30 Å². The van der Waals surface area contributed by atoms with Crippen LogP contribution in [0.25, 0.3) is 0 Å². The maximum atomic E-state index is 12.8. The highest BCUT2D eigenvalue weighted by atomic mass is 19.1. The molecule has 0 aromatic carbocycles. The van der Waals surface area contributed by atoms with Crippen molar-refractivity contribution in [3.05, 3.63) is 0 Å². The molecule has 1 fully saturated rings. The van der Waals surface area contributed by atoms with E-state index in [1.165, 1.54) is 6.42 Å². The number of alkyl halides is 1. The van der Waals surface area contributed by atoms with Crippen molar-refractivity contribution in [1.29, 1.82) is 0 Å². The van der Waals surface area contributed by atoms with Gasteiger partial charge in [-0.05, 0) is 25.8 Å². The van der Waals surface area contributed by atoms with Gasteiger partial charge in [0.2, 0.25) is 0 Å². The van der Waals surface area contributed by atoms with Crippen LogP contribution >= 0.6 is 0 Å². The zero-order valence-corrected chi connectivity index (χ0v) is 5.94. The molecule has 0 aliphatic carbocycles. The van der Waals surface area contributed by atoms with Crippen LogP contribution in [0.1, 0.15) is 26.2 Å². The zero-order valence-electron chi connectivity index (χ0n) is 5.94. The fourth-order valence-electron chi connectivity index (χ4n) is 1.31. The van der Waals surface area contributed by atoms with Crippen LogP contribution < -0.4 is 0 Å². The molecule has 0 aromatic rings. The molecule has 1 saturated heterocycles. The molecule has 1 atom stereocenters. The quantitative estimate of drug-likeness (QED) is 0.490. The van der Waals surface area contributed by atoms with Crippen molar-refractivity contribution in [2.75, 3.05) is 13.1 Å². The number of hydrogen-bond acceptors (Lipinski definition) is 1. The minimum Gasteiger partial charge on any atom is -0.274 e. The molecule has 0 N–H and O–H groups in total. The van der Waals surface area contributed by atoms with Gasteiger partial charge < -0.3 is 0 Å². The second-order valence-electron chi connectivity index (χ2n) is 2.56. The Bertz CT molecular complexity index is 85.0. The van der Waals surface area contributed by atoms with Crippen molar-refractivity contribution in [3.8, 4) is 0 Å². The molecule has 0 aromatic heterocycles. The van der Waals surface area contributed by atoms with Crippen molar-refractivity contribution in [2.24, 2.45) is 0 Å². The Kier molecular flexibility index (Phi) is 2.46. The van der Waals surface area contributed by atoms with Crippen molar-refractivity contribution >= 4 is 0 Å². The van der Waals surface area contributed by atoms with Gasteiger partial charge in [-0.3, -0.25) is 4.90 Å². The molecule has 0 spiro atoms. The van der Waals surface area contributed by atoms with E-state index >= 15 is 0 Å². The van der Waals surface area contributed by atoms with Crippen LogP contribution in [0, 0.1) is 0 Å². The summed E-state index contributed by atoms with van der Waals surface area (Å²) >= 11 is 0. The molecule has 2 heteroatoms. The predicted octanol–water partition coefficient (Wildman–Crippen LogP) is 1.79. The lowest BCUT2D eigenvalue weighted by molar-refractivity contribution is 0.0517. The number of likely N-dealkylation sites (tertiary alicyclic amines) is 1. The minimum absolute atomic E-state index is 0.649. The third-order valence-electron chi connectivity index (χ3n) is 1.94. The van der Waals surface area contributed by atoms with E-state index in [9.17, 15) is 4.39 Å². The smallest absolute Gasteiger partial charge is 0.153 e. The molecule has 9 heavy (non-hydrogen) atoms. The van der Waals surface area contributed by atoms with Crippen molar-refractivity contribution in [3.63, 3.8) is 0 Å². The Morgan fingerprint density at radius 2 is 2.33 bits per heavy atom. The van der Waals surface area contributed by atoms with E-state index in [0.717, 1.165) is 25.9 Å². The van der Waals surface area contributed by atoms with Crippen LogP contribution in [0.4, 0.5) is 4.39 Å². The summed E-state index contributed by atoms with van der Waals surface area (Å²) < 4.78 is 12.8. The lowest BCUT2D eigenvalue weighted by atomic mass is 10.1. The summed E-state index contributed by atoms with van der Waals surface area (Å²) in [4.78, 5) is 1.89. The molecule has 0 saturated carbocycles. The molecule has 1 aliphatic rings. The van der Waals surface area contributed by atoms with Gasteiger partial charge in [-0.15, -0.1) is 0 Å². The Balaban J connectivity index is 2.30. The van der Waals surface area contributed by atoms with Crippen LogP contribution in [-0.4, -0.2) is 24.3 Å². The fraction of sp³-hybridized carbons (Fsp3) is 1.00. The Labute approximate surface area is 55.8 Å². The molecule has 0 amide bonds. The van der Waals surface area contributed by atoms with E-state index in [1.54, 1.807) is 0 Å². The fourth-order valence-corrected chi connectivity index (χ4v) is 1.31. The van der Waals surface area contributed by atoms with Crippen molar-refractivity contribution in [2.45, 2.75) is 32.5 Å².